The molecule has 1 aromatic heterocycles. The van der Waals surface area contributed by atoms with Crippen LogP contribution in [0.25, 0.3) is 0 Å². The molecule has 0 aliphatic rings. The minimum absolute atomic E-state index is 0.109. The van der Waals surface area contributed by atoms with Crippen molar-refractivity contribution in [3.8, 4) is 0 Å². The normalized spacial score (nSPS) is 10.5. The van der Waals surface area contributed by atoms with E-state index in [0.29, 0.717) is 16.3 Å². The molecule has 0 atom stereocenters. The Balaban J connectivity index is 2.24. The van der Waals surface area contributed by atoms with Gasteiger partial charge in [0, 0.05) is 9.35 Å². The van der Waals surface area contributed by atoms with Crippen LogP contribution in [0, 0.1) is 6.92 Å². The lowest BCUT2D eigenvalue weighted by Crippen LogP contribution is -2.12. The first-order valence-electron chi connectivity index (χ1n) is 5.97. The van der Waals surface area contributed by atoms with Gasteiger partial charge in [0.1, 0.15) is 0 Å². The van der Waals surface area contributed by atoms with E-state index in [-0.39, 0.29) is 5.91 Å². The molecular formula is C14H15BrN2OS. The van der Waals surface area contributed by atoms with E-state index in [9.17, 15) is 4.79 Å². The summed E-state index contributed by atoms with van der Waals surface area (Å²) in [6.07, 6.45) is 0.942. The first-order valence-corrected chi connectivity index (χ1v) is 7.58. The number of amides is 1. The number of rotatable bonds is 3. The van der Waals surface area contributed by atoms with E-state index in [1.54, 1.807) is 6.07 Å². The van der Waals surface area contributed by atoms with Gasteiger partial charge in [-0.1, -0.05) is 22.9 Å². The Morgan fingerprint density at radius 1 is 1.42 bits per heavy atom. The number of thiophene rings is 1. The van der Waals surface area contributed by atoms with Gasteiger partial charge >= 0.3 is 0 Å². The van der Waals surface area contributed by atoms with E-state index < -0.39 is 0 Å². The van der Waals surface area contributed by atoms with Gasteiger partial charge in [-0.05, 0) is 43.2 Å². The number of carbonyl (C=O) groups is 1. The zero-order valence-electron chi connectivity index (χ0n) is 10.8. The summed E-state index contributed by atoms with van der Waals surface area (Å²) in [6, 6.07) is 7.55. The van der Waals surface area contributed by atoms with Crippen LogP contribution >= 0.6 is 27.3 Å². The van der Waals surface area contributed by atoms with Gasteiger partial charge < -0.3 is 11.1 Å². The molecule has 0 unspecified atom stereocenters. The zero-order valence-corrected chi connectivity index (χ0v) is 13.2. The fourth-order valence-corrected chi connectivity index (χ4v) is 3.24. The molecule has 3 nitrogen and oxygen atoms in total. The molecule has 0 saturated carbocycles. The van der Waals surface area contributed by atoms with E-state index in [0.717, 1.165) is 16.5 Å². The van der Waals surface area contributed by atoms with Crippen molar-refractivity contribution in [3.05, 3.63) is 44.1 Å². The second-order valence-corrected chi connectivity index (χ2v) is 6.34. The summed E-state index contributed by atoms with van der Waals surface area (Å²) in [4.78, 5) is 14.1. The third-order valence-electron chi connectivity index (χ3n) is 2.80. The third kappa shape index (κ3) is 3.16. The van der Waals surface area contributed by atoms with Crippen molar-refractivity contribution in [2.24, 2.45) is 0 Å². The van der Waals surface area contributed by atoms with Crippen LogP contribution in [0.2, 0.25) is 0 Å². The predicted octanol–water partition coefficient (Wildman–Crippen LogP) is 4.22. The Morgan fingerprint density at radius 2 is 2.16 bits per heavy atom. The van der Waals surface area contributed by atoms with Crippen molar-refractivity contribution in [2.75, 3.05) is 11.1 Å². The monoisotopic (exact) mass is 338 g/mol. The number of carbonyl (C=O) groups excluding carboxylic acids is 1. The van der Waals surface area contributed by atoms with Crippen molar-refractivity contribution in [3.63, 3.8) is 0 Å². The summed E-state index contributed by atoms with van der Waals surface area (Å²) in [7, 11) is 0. The first-order chi connectivity index (χ1) is 9.01. The maximum atomic E-state index is 12.2. The summed E-state index contributed by atoms with van der Waals surface area (Å²) in [5.41, 5.74) is 8.12. The van der Waals surface area contributed by atoms with Crippen LogP contribution in [-0.4, -0.2) is 5.91 Å². The van der Waals surface area contributed by atoms with Gasteiger partial charge in [0.25, 0.3) is 5.91 Å². The van der Waals surface area contributed by atoms with Crippen LogP contribution in [0.3, 0.4) is 0 Å². The summed E-state index contributed by atoms with van der Waals surface area (Å²) in [5, 5.41) is 2.89. The van der Waals surface area contributed by atoms with Crippen LogP contribution in [0.4, 0.5) is 11.4 Å². The van der Waals surface area contributed by atoms with Crippen molar-refractivity contribution >= 4 is 44.5 Å². The minimum Gasteiger partial charge on any atom is -0.397 e. The molecule has 100 valence electrons. The summed E-state index contributed by atoms with van der Waals surface area (Å²) in [5.74, 6) is -0.109. The zero-order chi connectivity index (χ0) is 14.0. The van der Waals surface area contributed by atoms with Gasteiger partial charge in [0.15, 0.2) is 0 Å². The maximum Gasteiger partial charge on any atom is 0.265 e. The van der Waals surface area contributed by atoms with Crippen LogP contribution in [0.5, 0.6) is 0 Å². The lowest BCUT2D eigenvalue weighted by molar-refractivity contribution is 0.103. The van der Waals surface area contributed by atoms with E-state index in [4.69, 9.17) is 5.73 Å². The van der Waals surface area contributed by atoms with Crippen LogP contribution < -0.4 is 11.1 Å². The average molecular weight is 339 g/mol. The molecule has 0 spiro atoms. The molecule has 0 aliphatic carbocycles. The molecular weight excluding hydrogens is 324 g/mol. The number of aryl methyl sites for hydroxylation is 2. The highest BCUT2D eigenvalue weighted by molar-refractivity contribution is 9.10. The lowest BCUT2D eigenvalue weighted by Gasteiger charge is -2.11. The molecule has 0 radical (unpaired) electrons. The maximum absolute atomic E-state index is 12.2. The molecule has 2 aromatic rings. The van der Waals surface area contributed by atoms with Gasteiger partial charge in [0.05, 0.1) is 16.3 Å². The third-order valence-corrected chi connectivity index (χ3v) is 4.49. The van der Waals surface area contributed by atoms with Gasteiger partial charge in [-0.2, -0.15) is 0 Å². The molecule has 2 rings (SSSR count). The molecule has 3 N–H and O–H groups in total. The summed E-state index contributed by atoms with van der Waals surface area (Å²) < 4.78 is 0.907. The van der Waals surface area contributed by atoms with Crippen LogP contribution in [-0.2, 0) is 6.42 Å². The number of nitrogens with two attached hydrogens (primary N) is 1. The van der Waals surface area contributed by atoms with E-state index >= 15 is 0 Å². The van der Waals surface area contributed by atoms with Crippen molar-refractivity contribution in [1.82, 2.24) is 0 Å². The highest BCUT2D eigenvalue weighted by Gasteiger charge is 2.12. The van der Waals surface area contributed by atoms with Gasteiger partial charge in [-0.3, -0.25) is 4.79 Å². The van der Waals surface area contributed by atoms with Crippen LogP contribution in [0.1, 0.15) is 27.0 Å². The number of halogens is 1. The van der Waals surface area contributed by atoms with E-state index in [1.165, 1.54) is 16.2 Å². The number of hydrogen-bond acceptors (Lipinski definition) is 3. The smallest absolute Gasteiger partial charge is 0.265 e. The average Bonchev–Trinajstić information content (AvgIpc) is 2.82. The SMILES string of the molecule is CCc1ccc(C(=O)Nc2c(C)cc(Br)cc2N)s1. The first kappa shape index (κ1) is 14.1. The predicted molar refractivity (Wildman–Crippen MR) is 84.9 cm³/mol. The highest BCUT2D eigenvalue weighted by Crippen LogP contribution is 2.29. The number of hydrogen-bond donors (Lipinski definition) is 2. The Labute approximate surface area is 125 Å². The van der Waals surface area contributed by atoms with E-state index in [1.807, 2.05) is 25.1 Å². The fourth-order valence-electron chi connectivity index (χ4n) is 1.80. The molecule has 0 fully saturated rings. The lowest BCUT2D eigenvalue weighted by atomic mass is 10.1. The summed E-state index contributed by atoms with van der Waals surface area (Å²) in [6.45, 7) is 3.99. The molecule has 1 heterocycles. The van der Waals surface area contributed by atoms with Gasteiger partial charge in [-0.15, -0.1) is 11.3 Å². The second kappa shape index (κ2) is 5.75. The quantitative estimate of drug-likeness (QED) is 0.823. The summed E-state index contributed by atoms with van der Waals surface area (Å²) >= 11 is 4.89. The van der Waals surface area contributed by atoms with Crippen LogP contribution in [0.15, 0.2) is 28.7 Å². The Hall–Kier alpha value is -1.33. The highest BCUT2D eigenvalue weighted by atomic mass is 79.9. The molecule has 5 heteroatoms. The fraction of sp³-hybridized carbons (Fsp3) is 0.214. The topological polar surface area (TPSA) is 55.1 Å². The molecule has 19 heavy (non-hydrogen) atoms. The Kier molecular flexibility index (Phi) is 4.27. The number of anilines is 2. The van der Waals surface area contributed by atoms with Crippen molar-refractivity contribution in [1.29, 1.82) is 0 Å². The number of nitrogen functional groups attached to an aromatic ring is 1. The van der Waals surface area contributed by atoms with Gasteiger partial charge in [-0.25, -0.2) is 0 Å². The Morgan fingerprint density at radius 3 is 2.74 bits per heavy atom. The molecule has 0 saturated heterocycles. The second-order valence-electron chi connectivity index (χ2n) is 4.26. The molecule has 0 aliphatic heterocycles. The van der Waals surface area contributed by atoms with Gasteiger partial charge in [0.2, 0.25) is 0 Å². The van der Waals surface area contributed by atoms with E-state index in [2.05, 4.69) is 28.2 Å². The number of benzene rings is 1. The van der Waals surface area contributed by atoms with Crippen molar-refractivity contribution in [2.45, 2.75) is 20.3 Å². The molecule has 1 amide bonds. The number of nitrogens with one attached hydrogen (secondary N) is 1. The van der Waals surface area contributed by atoms with Crippen molar-refractivity contribution < 1.29 is 4.79 Å². The largest absolute Gasteiger partial charge is 0.397 e. The standard InChI is InChI=1S/C14H15BrN2OS/c1-3-10-4-5-12(19-10)14(18)17-13-8(2)6-9(15)7-11(13)16/h4-7H,3,16H2,1-2H3,(H,17,18). The molecule has 1 aromatic carbocycles. The Bertz CT molecular complexity index is 599. The molecule has 0 bridgehead atoms. The minimum atomic E-state index is -0.109.